The normalized spacial score (nSPS) is 23.5. The molecule has 1 fully saturated rings. The summed E-state index contributed by atoms with van der Waals surface area (Å²) in [5, 5.41) is 12.1. The first-order chi connectivity index (χ1) is 8.14. The van der Waals surface area contributed by atoms with Gasteiger partial charge in [-0.3, -0.25) is 4.79 Å². The molecule has 0 spiro atoms. The van der Waals surface area contributed by atoms with Gasteiger partial charge in [0.05, 0.1) is 12.7 Å². The molecule has 1 rings (SSSR count). The van der Waals surface area contributed by atoms with Crippen LogP contribution in [0, 0.1) is 0 Å². The van der Waals surface area contributed by atoms with Crippen molar-refractivity contribution >= 4 is 5.97 Å². The second kappa shape index (κ2) is 6.93. The first-order valence-corrected chi connectivity index (χ1v) is 6.26. The fourth-order valence-electron chi connectivity index (χ4n) is 2.11. The van der Waals surface area contributed by atoms with Gasteiger partial charge in [-0.05, 0) is 32.7 Å². The van der Waals surface area contributed by atoms with Crippen LogP contribution in [0.25, 0.3) is 0 Å². The number of rotatable bonds is 8. The highest BCUT2D eigenvalue weighted by atomic mass is 16.5. The second-order valence-corrected chi connectivity index (χ2v) is 4.45. The zero-order chi connectivity index (χ0) is 12.7. The summed E-state index contributed by atoms with van der Waals surface area (Å²) in [6, 6.07) is 0. The lowest BCUT2D eigenvalue weighted by Gasteiger charge is -2.27. The highest BCUT2D eigenvalue weighted by Crippen LogP contribution is 2.18. The number of hydrogen-bond acceptors (Lipinski definition) is 4. The maximum absolute atomic E-state index is 11.2. The molecule has 1 heterocycles. The Balaban J connectivity index is 2.24. The summed E-state index contributed by atoms with van der Waals surface area (Å²) in [4.78, 5) is 11.2. The highest BCUT2D eigenvalue weighted by molar-refractivity contribution is 5.78. The molecule has 2 N–H and O–H groups in total. The quantitative estimate of drug-likeness (QED) is 0.625. The molecule has 0 aliphatic carbocycles. The maximum atomic E-state index is 11.2. The molecule has 2 unspecified atom stereocenters. The minimum atomic E-state index is -0.810. The second-order valence-electron chi connectivity index (χ2n) is 4.45. The van der Waals surface area contributed by atoms with E-state index in [1.54, 1.807) is 7.05 Å². The van der Waals surface area contributed by atoms with Gasteiger partial charge in [-0.25, -0.2) is 0 Å². The van der Waals surface area contributed by atoms with E-state index >= 15 is 0 Å². The van der Waals surface area contributed by atoms with Crippen LogP contribution in [-0.2, 0) is 14.3 Å². The van der Waals surface area contributed by atoms with Crippen LogP contribution in [0.5, 0.6) is 0 Å². The van der Waals surface area contributed by atoms with E-state index in [-0.39, 0.29) is 6.10 Å². The summed E-state index contributed by atoms with van der Waals surface area (Å²) >= 11 is 0. The van der Waals surface area contributed by atoms with Crippen molar-refractivity contribution in [3.05, 3.63) is 0 Å². The topological polar surface area (TPSA) is 67.8 Å². The summed E-state index contributed by atoms with van der Waals surface area (Å²) in [6.45, 7) is 3.93. The number of ether oxygens (including phenoxy) is 2. The Kier molecular flexibility index (Phi) is 5.88. The number of carbonyl (C=O) groups is 1. The maximum Gasteiger partial charge on any atom is 0.323 e. The molecule has 0 bridgehead atoms. The Morgan fingerprint density at radius 2 is 2.41 bits per heavy atom. The Morgan fingerprint density at radius 3 is 2.88 bits per heavy atom. The molecule has 2 atom stereocenters. The SMILES string of the molecule is CCC(CCCOC1CCOC1)(NC)C(=O)O. The number of likely N-dealkylation sites (N-methyl/N-ethyl adjacent to an activating group) is 1. The average Bonchev–Trinajstić information content (AvgIpc) is 2.82. The highest BCUT2D eigenvalue weighted by Gasteiger charge is 2.34. The number of aliphatic carboxylic acids is 1. The van der Waals surface area contributed by atoms with E-state index in [2.05, 4.69) is 5.32 Å². The molecule has 5 nitrogen and oxygen atoms in total. The Labute approximate surface area is 102 Å². The molecule has 100 valence electrons. The number of carboxylic acids is 1. The molecule has 5 heteroatoms. The third kappa shape index (κ3) is 3.94. The van der Waals surface area contributed by atoms with Gasteiger partial charge in [-0.1, -0.05) is 6.92 Å². The lowest BCUT2D eigenvalue weighted by molar-refractivity contribution is -0.145. The molecule has 0 aromatic carbocycles. The summed E-state index contributed by atoms with van der Waals surface area (Å²) in [5.74, 6) is -0.785. The molecule has 0 amide bonds. The van der Waals surface area contributed by atoms with Crippen molar-refractivity contribution in [3.8, 4) is 0 Å². The van der Waals surface area contributed by atoms with Gasteiger partial charge < -0.3 is 19.9 Å². The van der Waals surface area contributed by atoms with Crippen molar-refractivity contribution in [2.45, 2.75) is 44.2 Å². The third-order valence-electron chi connectivity index (χ3n) is 3.48. The smallest absolute Gasteiger partial charge is 0.323 e. The van der Waals surface area contributed by atoms with Crippen LogP contribution in [-0.4, -0.2) is 49.6 Å². The van der Waals surface area contributed by atoms with Crippen LogP contribution < -0.4 is 5.32 Å². The summed E-state index contributed by atoms with van der Waals surface area (Å²) in [5.41, 5.74) is -0.810. The predicted molar refractivity (Wildman–Crippen MR) is 64.1 cm³/mol. The summed E-state index contributed by atoms with van der Waals surface area (Å²) in [7, 11) is 1.70. The molecule has 0 aromatic rings. The fraction of sp³-hybridized carbons (Fsp3) is 0.917. The van der Waals surface area contributed by atoms with Crippen LogP contribution in [0.2, 0.25) is 0 Å². The molecule has 1 aliphatic rings. The van der Waals surface area contributed by atoms with E-state index in [0.29, 0.717) is 26.1 Å². The van der Waals surface area contributed by atoms with Crippen molar-refractivity contribution in [1.29, 1.82) is 0 Å². The number of carboxylic acid groups (broad SMARTS) is 1. The first kappa shape index (κ1) is 14.4. The zero-order valence-electron chi connectivity index (χ0n) is 10.7. The van der Waals surface area contributed by atoms with Crippen LogP contribution in [0.4, 0.5) is 0 Å². The van der Waals surface area contributed by atoms with Gasteiger partial charge in [-0.2, -0.15) is 0 Å². The molecule has 17 heavy (non-hydrogen) atoms. The largest absolute Gasteiger partial charge is 0.480 e. The van der Waals surface area contributed by atoms with Gasteiger partial charge in [-0.15, -0.1) is 0 Å². The van der Waals surface area contributed by atoms with Gasteiger partial charge in [0.15, 0.2) is 0 Å². The van der Waals surface area contributed by atoms with E-state index in [1.165, 1.54) is 0 Å². The van der Waals surface area contributed by atoms with Crippen LogP contribution in [0.15, 0.2) is 0 Å². The van der Waals surface area contributed by atoms with Gasteiger partial charge in [0, 0.05) is 13.2 Å². The van der Waals surface area contributed by atoms with Gasteiger partial charge in [0.2, 0.25) is 0 Å². The van der Waals surface area contributed by atoms with E-state index in [0.717, 1.165) is 19.4 Å². The summed E-state index contributed by atoms with van der Waals surface area (Å²) < 4.78 is 10.8. The van der Waals surface area contributed by atoms with Gasteiger partial charge in [0.1, 0.15) is 5.54 Å². The van der Waals surface area contributed by atoms with E-state index in [9.17, 15) is 9.90 Å². The minimum absolute atomic E-state index is 0.199. The number of nitrogens with one attached hydrogen (secondary N) is 1. The third-order valence-corrected chi connectivity index (χ3v) is 3.48. The van der Waals surface area contributed by atoms with Crippen molar-refractivity contribution in [2.75, 3.05) is 26.9 Å². The Hall–Kier alpha value is -0.650. The lowest BCUT2D eigenvalue weighted by atomic mass is 9.91. The first-order valence-electron chi connectivity index (χ1n) is 6.26. The monoisotopic (exact) mass is 245 g/mol. The lowest BCUT2D eigenvalue weighted by Crippen LogP contribution is -2.50. The van der Waals surface area contributed by atoms with Crippen LogP contribution in [0.3, 0.4) is 0 Å². The van der Waals surface area contributed by atoms with E-state index in [4.69, 9.17) is 9.47 Å². The Morgan fingerprint density at radius 1 is 1.65 bits per heavy atom. The minimum Gasteiger partial charge on any atom is -0.480 e. The molecule has 0 radical (unpaired) electrons. The molecular weight excluding hydrogens is 222 g/mol. The molecule has 1 aliphatic heterocycles. The van der Waals surface area contributed by atoms with Gasteiger partial charge >= 0.3 is 5.97 Å². The number of hydrogen-bond donors (Lipinski definition) is 2. The Bertz CT molecular complexity index is 235. The van der Waals surface area contributed by atoms with Crippen molar-refractivity contribution in [3.63, 3.8) is 0 Å². The molecule has 1 saturated heterocycles. The summed E-state index contributed by atoms with van der Waals surface area (Å²) in [6.07, 6.45) is 3.06. The van der Waals surface area contributed by atoms with Crippen molar-refractivity contribution < 1.29 is 19.4 Å². The van der Waals surface area contributed by atoms with E-state index < -0.39 is 11.5 Å². The fourth-order valence-corrected chi connectivity index (χ4v) is 2.11. The molecule has 0 saturated carbocycles. The molecular formula is C12H23NO4. The van der Waals surface area contributed by atoms with Gasteiger partial charge in [0.25, 0.3) is 0 Å². The predicted octanol–water partition coefficient (Wildman–Crippen LogP) is 1.02. The van der Waals surface area contributed by atoms with E-state index in [1.807, 2.05) is 6.92 Å². The van der Waals surface area contributed by atoms with Crippen molar-refractivity contribution in [1.82, 2.24) is 5.32 Å². The molecule has 0 aromatic heterocycles. The standard InChI is InChI=1S/C12H23NO4/c1-3-12(13-2,11(14)15)6-4-7-17-10-5-8-16-9-10/h10,13H,3-9H2,1-2H3,(H,14,15). The zero-order valence-corrected chi connectivity index (χ0v) is 10.7. The van der Waals surface area contributed by atoms with Crippen molar-refractivity contribution in [2.24, 2.45) is 0 Å². The average molecular weight is 245 g/mol. The van der Waals surface area contributed by atoms with Crippen LogP contribution >= 0.6 is 0 Å². The van der Waals surface area contributed by atoms with Crippen LogP contribution in [0.1, 0.15) is 32.6 Å².